The topological polar surface area (TPSA) is 23.8 Å². The molecule has 0 radical (unpaired) electrons. The van der Waals surface area contributed by atoms with E-state index in [9.17, 15) is 4.39 Å². The molecule has 1 aliphatic rings. The molecule has 1 aromatic carbocycles. The Kier molecular flexibility index (Phi) is 3.84. The van der Waals surface area contributed by atoms with Gasteiger partial charge in [-0.05, 0) is 37.0 Å². The lowest BCUT2D eigenvalue weighted by atomic mass is 10.1. The first-order chi connectivity index (χ1) is 7.78. The zero-order chi connectivity index (χ0) is 11.4. The first kappa shape index (κ1) is 11.5. The predicted molar refractivity (Wildman–Crippen MR) is 63.8 cm³/mol. The maximum absolute atomic E-state index is 13.2. The molecule has 0 amide bonds. The van der Waals surface area contributed by atoms with Crippen LogP contribution < -0.4 is 0 Å². The number of nitriles is 1. The van der Waals surface area contributed by atoms with Crippen LogP contribution in [0.15, 0.2) is 23.1 Å². The van der Waals surface area contributed by atoms with Gasteiger partial charge in [-0.2, -0.15) is 5.26 Å². The summed E-state index contributed by atoms with van der Waals surface area (Å²) in [5, 5.41) is 8.74. The molecule has 0 bridgehead atoms. The molecule has 0 spiro atoms. The fraction of sp³-hybridized carbons (Fsp3) is 0.462. The van der Waals surface area contributed by atoms with Gasteiger partial charge in [-0.3, -0.25) is 0 Å². The van der Waals surface area contributed by atoms with E-state index in [2.05, 4.69) is 0 Å². The standard InChI is InChI=1S/C13H14FNS/c14-12-5-11(8-15)6-13(7-12)16-9-10-3-1-2-4-10/h5-7,10H,1-4,9H2. The zero-order valence-corrected chi connectivity index (χ0v) is 9.89. The van der Waals surface area contributed by atoms with E-state index in [1.807, 2.05) is 6.07 Å². The molecule has 0 atom stereocenters. The molecule has 84 valence electrons. The minimum atomic E-state index is -0.312. The zero-order valence-electron chi connectivity index (χ0n) is 9.08. The Hall–Kier alpha value is -1.01. The Bertz CT molecular complexity index is 405. The molecule has 0 N–H and O–H groups in total. The number of hydrogen-bond donors (Lipinski definition) is 0. The van der Waals surface area contributed by atoms with Crippen molar-refractivity contribution in [2.45, 2.75) is 30.6 Å². The van der Waals surface area contributed by atoms with Crippen molar-refractivity contribution in [3.05, 3.63) is 29.6 Å². The lowest BCUT2D eigenvalue weighted by Gasteiger charge is -2.08. The van der Waals surface area contributed by atoms with Crippen molar-refractivity contribution >= 4 is 11.8 Å². The summed E-state index contributed by atoms with van der Waals surface area (Å²) in [6.45, 7) is 0. The first-order valence-corrected chi connectivity index (χ1v) is 6.60. The maximum atomic E-state index is 13.2. The van der Waals surface area contributed by atoms with Gasteiger partial charge in [0.15, 0.2) is 0 Å². The molecule has 0 heterocycles. The van der Waals surface area contributed by atoms with Crippen LogP contribution in [0.4, 0.5) is 4.39 Å². The molecule has 0 aromatic heterocycles. The summed E-state index contributed by atoms with van der Waals surface area (Å²) in [4.78, 5) is 0.878. The molecule has 0 aliphatic heterocycles. The molecule has 2 rings (SSSR count). The van der Waals surface area contributed by atoms with Crippen LogP contribution in [0.5, 0.6) is 0 Å². The Morgan fingerprint density at radius 1 is 1.31 bits per heavy atom. The monoisotopic (exact) mass is 235 g/mol. The van der Waals surface area contributed by atoms with Crippen molar-refractivity contribution in [1.82, 2.24) is 0 Å². The fourth-order valence-electron chi connectivity index (χ4n) is 2.10. The van der Waals surface area contributed by atoms with E-state index >= 15 is 0 Å². The number of benzene rings is 1. The molecular weight excluding hydrogens is 221 g/mol. The maximum Gasteiger partial charge on any atom is 0.125 e. The van der Waals surface area contributed by atoms with Crippen molar-refractivity contribution in [3.8, 4) is 6.07 Å². The van der Waals surface area contributed by atoms with Crippen LogP contribution >= 0.6 is 11.8 Å². The van der Waals surface area contributed by atoms with Gasteiger partial charge in [0.2, 0.25) is 0 Å². The van der Waals surface area contributed by atoms with Gasteiger partial charge in [0, 0.05) is 10.6 Å². The normalized spacial score (nSPS) is 16.2. The van der Waals surface area contributed by atoms with E-state index in [0.29, 0.717) is 5.56 Å². The second kappa shape index (κ2) is 5.36. The SMILES string of the molecule is N#Cc1cc(F)cc(SCC2CCCC2)c1. The summed E-state index contributed by atoms with van der Waals surface area (Å²) in [6, 6.07) is 6.54. The summed E-state index contributed by atoms with van der Waals surface area (Å²) >= 11 is 1.67. The van der Waals surface area contributed by atoms with Gasteiger partial charge in [0.25, 0.3) is 0 Å². The smallest absolute Gasteiger partial charge is 0.125 e. The lowest BCUT2D eigenvalue weighted by Crippen LogP contribution is -1.96. The summed E-state index contributed by atoms with van der Waals surface area (Å²) < 4.78 is 13.2. The molecule has 0 unspecified atom stereocenters. The highest BCUT2D eigenvalue weighted by Crippen LogP contribution is 2.31. The third-order valence-electron chi connectivity index (χ3n) is 2.96. The van der Waals surface area contributed by atoms with Crippen molar-refractivity contribution in [3.63, 3.8) is 0 Å². The van der Waals surface area contributed by atoms with Crippen molar-refractivity contribution < 1.29 is 4.39 Å². The molecule has 1 aromatic rings. The van der Waals surface area contributed by atoms with Gasteiger partial charge >= 0.3 is 0 Å². The number of rotatable bonds is 3. The van der Waals surface area contributed by atoms with Gasteiger partial charge < -0.3 is 0 Å². The molecule has 16 heavy (non-hydrogen) atoms. The molecule has 3 heteroatoms. The first-order valence-electron chi connectivity index (χ1n) is 5.61. The van der Waals surface area contributed by atoms with Crippen molar-refractivity contribution in [2.75, 3.05) is 5.75 Å². The molecule has 1 aliphatic carbocycles. The largest absolute Gasteiger partial charge is 0.207 e. The minimum absolute atomic E-state index is 0.312. The second-order valence-electron chi connectivity index (χ2n) is 4.25. The Balaban J connectivity index is 1.98. The van der Waals surface area contributed by atoms with Crippen LogP contribution in [0.1, 0.15) is 31.2 Å². The minimum Gasteiger partial charge on any atom is -0.207 e. The predicted octanol–water partition coefficient (Wildman–Crippen LogP) is 3.98. The van der Waals surface area contributed by atoms with Gasteiger partial charge in [-0.25, -0.2) is 4.39 Å². The molecule has 1 nitrogen and oxygen atoms in total. The van der Waals surface area contributed by atoms with Gasteiger partial charge in [0.05, 0.1) is 11.6 Å². The average Bonchev–Trinajstić information content (AvgIpc) is 2.78. The van der Waals surface area contributed by atoms with Crippen LogP contribution in [0.25, 0.3) is 0 Å². The van der Waals surface area contributed by atoms with Gasteiger partial charge in [0.1, 0.15) is 5.82 Å². The number of halogens is 1. The average molecular weight is 235 g/mol. The van der Waals surface area contributed by atoms with E-state index in [1.165, 1.54) is 37.8 Å². The van der Waals surface area contributed by atoms with Gasteiger partial charge in [-0.1, -0.05) is 12.8 Å². The van der Waals surface area contributed by atoms with E-state index in [4.69, 9.17) is 5.26 Å². The molecule has 1 saturated carbocycles. The molecule has 1 fully saturated rings. The molecular formula is C13H14FNS. The third kappa shape index (κ3) is 2.99. The Morgan fingerprint density at radius 2 is 2.06 bits per heavy atom. The Morgan fingerprint density at radius 3 is 2.75 bits per heavy atom. The highest BCUT2D eigenvalue weighted by Gasteiger charge is 2.15. The third-order valence-corrected chi connectivity index (χ3v) is 4.17. The van der Waals surface area contributed by atoms with Crippen LogP contribution in [-0.4, -0.2) is 5.75 Å². The van der Waals surface area contributed by atoms with Crippen molar-refractivity contribution in [1.29, 1.82) is 5.26 Å². The van der Waals surface area contributed by atoms with Crippen LogP contribution in [0, 0.1) is 23.1 Å². The van der Waals surface area contributed by atoms with Crippen molar-refractivity contribution in [2.24, 2.45) is 5.92 Å². The summed E-state index contributed by atoms with van der Waals surface area (Å²) in [5.74, 6) is 1.51. The van der Waals surface area contributed by atoms with Crippen LogP contribution in [0.2, 0.25) is 0 Å². The van der Waals surface area contributed by atoms with Crippen LogP contribution in [0.3, 0.4) is 0 Å². The van der Waals surface area contributed by atoms with E-state index < -0.39 is 0 Å². The van der Waals surface area contributed by atoms with E-state index in [-0.39, 0.29) is 5.82 Å². The highest BCUT2D eigenvalue weighted by atomic mass is 32.2. The van der Waals surface area contributed by atoms with Crippen LogP contribution in [-0.2, 0) is 0 Å². The number of hydrogen-bond acceptors (Lipinski definition) is 2. The quantitative estimate of drug-likeness (QED) is 0.740. The lowest BCUT2D eigenvalue weighted by molar-refractivity contribution is 0.619. The second-order valence-corrected chi connectivity index (χ2v) is 5.34. The summed E-state index contributed by atoms with van der Waals surface area (Å²) in [7, 11) is 0. The summed E-state index contributed by atoms with van der Waals surface area (Å²) in [5.41, 5.74) is 0.411. The van der Waals surface area contributed by atoms with E-state index in [1.54, 1.807) is 17.8 Å². The molecule has 0 saturated heterocycles. The fourth-order valence-corrected chi connectivity index (χ4v) is 3.27. The summed E-state index contributed by atoms with van der Waals surface area (Å²) in [6.07, 6.45) is 5.26. The highest BCUT2D eigenvalue weighted by molar-refractivity contribution is 7.99. The van der Waals surface area contributed by atoms with E-state index in [0.717, 1.165) is 16.6 Å². The number of nitrogens with zero attached hydrogens (tertiary/aromatic N) is 1. The number of thioether (sulfide) groups is 1. The Labute approximate surface area is 99.7 Å². The van der Waals surface area contributed by atoms with Gasteiger partial charge in [-0.15, -0.1) is 11.8 Å².